The predicted molar refractivity (Wildman–Crippen MR) is 68.5 cm³/mol. The van der Waals surface area contributed by atoms with Crippen LogP contribution in [0, 0.1) is 5.41 Å². The summed E-state index contributed by atoms with van der Waals surface area (Å²) in [6.07, 6.45) is 0.746. The molecular formula is C12H18BrNO2. The molecule has 1 rings (SSSR count). The maximum absolute atomic E-state index is 9.18. The lowest BCUT2D eigenvalue weighted by Gasteiger charge is -2.24. The van der Waals surface area contributed by atoms with Gasteiger partial charge in [0.05, 0.1) is 6.61 Å². The Bertz CT molecular complexity index is 309. The molecule has 0 aliphatic carbocycles. The number of benzene rings is 1. The van der Waals surface area contributed by atoms with Crippen molar-refractivity contribution < 1.29 is 9.84 Å². The van der Waals surface area contributed by atoms with Gasteiger partial charge >= 0.3 is 0 Å². The van der Waals surface area contributed by atoms with Crippen LogP contribution in [0.15, 0.2) is 28.7 Å². The summed E-state index contributed by atoms with van der Waals surface area (Å²) in [5.41, 5.74) is 5.35. The number of aliphatic hydroxyl groups is 1. The van der Waals surface area contributed by atoms with Crippen molar-refractivity contribution in [3.63, 3.8) is 0 Å². The molecule has 0 aliphatic heterocycles. The molecule has 0 saturated heterocycles. The second-order valence-corrected chi connectivity index (χ2v) is 5.14. The lowest BCUT2D eigenvalue weighted by Crippen LogP contribution is -2.32. The van der Waals surface area contributed by atoms with E-state index in [1.165, 1.54) is 0 Å². The van der Waals surface area contributed by atoms with Crippen molar-refractivity contribution in [1.82, 2.24) is 0 Å². The number of nitrogens with two attached hydrogens (primary N) is 1. The third-order valence-corrected chi connectivity index (χ3v) is 3.19. The minimum atomic E-state index is -0.241. The van der Waals surface area contributed by atoms with Crippen LogP contribution < -0.4 is 10.5 Å². The Morgan fingerprint density at radius 3 is 2.50 bits per heavy atom. The Labute approximate surface area is 105 Å². The van der Waals surface area contributed by atoms with E-state index in [4.69, 9.17) is 10.5 Å². The molecule has 90 valence electrons. The van der Waals surface area contributed by atoms with E-state index in [2.05, 4.69) is 15.9 Å². The van der Waals surface area contributed by atoms with Gasteiger partial charge in [-0.05, 0) is 30.7 Å². The van der Waals surface area contributed by atoms with Crippen molar-refractivity contribution in [3.05, 3.63) is 28.7 Å². The quantitative estimate of drug-likeness (QED) is 0.843. The van der Waals surface area contributed by atoms with Gasteiger partial charge in [-0.3, -0.25) is 0 Å². The second-order valence-electron chi connectivity index (χ2n) is 4.23. The van der Waals surface area contributed by atoms with Gasteiger partial charge in [-0.1, -0.05) is 22.9 Å². The average molecular weight is 288 g/mol. The van der Waals surface area contributed by atoms with Gasteiger partial charge in [0, 0.05) is 23.0 Å². The van der Waals surface area contributed by atoms with Crippen molar-refractivity contribution >= 4 is 15.9 Å². The molecule has 1 aromatic rings. The van der Waals surface area contributed by atoms with Crippen molar-refractivity contribution in [2.45, 2.75) is 13.3 Å². The van der Waals surface area contributed by atoms with E-state index in [1.807, 2.05) is 31.2 Å². The van der Waals surface area contributed by atoms with Crippen LogP contribution in [0.1, 0.15) is 13.3 Å². The Balaban J connectivity index is 2.38. The van der Waals surface area contributed by atoms with Crippen molar-refractivity contribution in [2.24, 2.45) is 11.1 Å². The zero-order valence-corrected chi connectivity index (χ0v) is 11.0. The molecule has 1 aromatic carbocycles. The third-order valence-electron chi connectivity index (χ3n) is 2.66. The fourth-order valence-electron chi connectivity index (χ4n) is 1.19. The SMILES string of the molecule is CC(CN)(CO)CCOc1ccc(Br)cc1. The minimum absolute atomic E-state index is 0.0905. The molecule has 0 aromatic heterocycles. The van der Waals surface area contributed by atoms with E-state index in [1.54, 1.807) is 0 Å². The van der Waals surface area contributed by atoms with Crippen LogP contribution in [0.3, 0.4) is 0 Å². The first-order valence-electron chi connectivity index (χ1n) is 5.29. The average Bonchev–Trinajstić information content (AvgIpc) is 2.31. The fraction of sp³-hybridized carbons (Fsp3) is 0.500. The van der Waals surface area contributed by atoms with Gasteiger partial charge in [-0.2, -0.15) is 0 Å². The van der Waals surface area contributed by atoms with Crippen molar-refractivity contribution in [3.8, 4) is 5.75 Å². The maximum Gasteiger partial charge on any atom is 0.119 e. The zero-order valence-electron chi connectivity index (χ0n) is 9.45. The number of aliphatic hydroxyl groups excluding tert-OH is 1. The van der Waals surface area contributed by atoms with Crippen molar-refractivity contribution in [2.75, 3.05) is 19.8 Å². The first kappa shape index (κ1) is 13.5. The minimum Gasteiger partial charge on any atom is -0.494 e. The monoisotopic (exact) mass is 287 g/mol. The molecule has 3 nitrogen and oxygen atoms in total. The molecule has 0 bridgehead atoms. The van der Waals surface area contributed by atoms with Crippen LogP contribution in [0.5, 0.6) is 5.75 Å². The summed E-state index contributed by atoms with van der Waals surface area (Å²) >= 11 is 3.36. The highest BCUT2D eigenvalue weighted by Crippen LogP contribution is 2.20. The lowest BCUT2D eigenvalue weighted by atomic mass is 9.88. The van der Waals surface area contributed by atoms with Crippen LogP contribution in [0.25, 0.3) is 0 Å². The number of rotatable bonds is 6. The van der Waals surface area contributed by atoms with Gasteiger partial charge in [0.25, 0.3) is 0 Å². The summed E-state index contributed by atoms with van der Waals surface area (Å²) in [6, 6.07) is 7.68. The van der Waals surface area contributed by atoms with E-state index in [9.17, 15) is 5.11 Å². The Morgan fingerprint density at radius 1 is 1.38 bits per heavy atom. The number of hydrogen-bond acceptors (Lipinski definition) is 3. The summed E-state index contributed by atoms with van der Waals surface area (Å²) in [5.74, 6) is 0.834. The lowest BCUT2D eigenvalue weighted by molar-refractivity contribution is 0.119. The molecule has 1 unspecified atom stereocenters. The summed E-state index contributed by atoms with van der Waals surface area (Å²) in [6.45, 7) is 3.08. The third kappa shape index (κ3) is 4.12. The topological polar surface area (TPSA) is 55.5 Å². The van der Waals surface area contributed by atoms with E-state index in [0.717, 1.165) is 16.6 Å². The van der Waals surface area contributed by atoms with E-state index >= 15 is 0 Å². The van der Waals surface area contributed by atoms with E-state index in [0.29, 0.717) is 13.2 Å². The highest BCUT2D eigenvalue weighted by Gasteiger charge is 2.21. The second kappa shape index (κ2) is 6.23. The fourth-order valence-corrected chi connectivity index (χ4v) is 1.46. The number of hydrogen-bond donors (Lipinski definition) is 2. The number of ether oxygens (including phenoxy) is 1. The Hall–Kier alpha value is -0.580. The normalized spacial score (nSPS) is 14.5. The Morgan fingerprint density at radius 2 is 2.00 bits per heavy atom. The van der Waals surface area contributed by atoms with Gasteiger partial charge in [-0.15, -0.1) is 0 Å². The Kier molecular flexibility index (Phi) is 5.25. The molecule has 0 fully saturated rings. The molecule has 0 amide bonds. The van der Waals surface area contributed by atoms with Crippen LogP contribution in [-0.4, -0.2) is 24.9 Å². The molecule has 1 atom stereocenters. The standard InChI is InChI=1S/C12H18BrNO2/c1-12(8-14,9-15)6-7-16-11-4-2-10(13)3-5-11/h2-5,15H,6-9,14H2,1H3. The zero-order chi connectivity index (χ0) is 12.0. The summed E-state index contributed by atoms with van der Waals surface area (Å²) < 4.78 is 6.60. The summed E-state index contributed by atoms with van der Waals surface area (Å²) in [4.78, 5) is 0. The molecule has 4 heteroatoms. The van der Waals surface area contributed by atoms with E-state index < -0.39 is 0 Å². The summed E-state index contributed by atoms with van der Waals surface area (Å²) in [7, 11) is 0. The molecule has 3 N–H and O–H groups in total. The largest absolute Gasteiger partial charge is 0.494 e. The van der Waals surface area contributed by atoms with Gasteiger partial charge in [0.15, 0.2) is 0 Å². The molecule has 0 radical (unpaired) electrons. The highest BCUT2D eigenvalue weighted by atomic mass is 79.9. The van der Waals surface area contributed by atoms with Gasteiger partial charge in [-0.25, -0.2) is 0 Å². The summed E-state index contributed by atoms with van der Waals surface area (Å²) in [5, 5.41) is 9.18. The van der Waals surface area contributed by atoms with Crippen LogP contribution in [0.2, 0.25) is 0 Å². The molecule has 0 aliphatic rings. The molecule has 16 heavy (non-hydrogen) atoms. The number of halogens is 1. The highest BCUT2D eigenvalue weighted by molar-refractivity contribution is 9.10. The smallest absolute Gasteiger partial charge is 0.119 e. The van der Waals surface area contributed by atoms with Crippen LogP contribution in [0.4, 0.5) is 0 Å². The van der Waals surface area contributed by atoms with Crippen molar-refractivity contribution in [1.29, 1.82) is 0 Å². The van der Waals surface area contributed by atoms with Crippen LogP contribution in [-0.2, 0) is 0 Å². The maximum atomic E-state index is 9.18. The molecule has 0 heterocycles. The molecule has 0 saturated carbocycles. The van der Waals surface area contributed by atoms with E-state index in [-0.39, 0.29) is 12.0 Å². The van der Waals surface area contributed by atoms with Gasteiger partial charge in [0.2, 0.25) is 0 Å². The molecule has 0 spiro atoms. The first-order chi connectivity index (χ1) is 7.59. The molecular weight excluding hydrogens is 270 g/mol. The predicted octanol–water partition coefficient (Wildman–Crippen LogP) is 2.18. The first-order valence-corrected chi connectivity index (χ1v) is 6.08. The van der Waals surface area contributed by atoms with Gasteiger partial charge < -0.3 is 15.6 Å². The van der Waals surface area contributed by atoms with Gasteiger partial charge in [0.1, 0.15) is 5.75 Å². The van der Waals surface area contributed by atoms with Crippen LogP contribution >= 0.6 is 15.9 Å².